The molecule has 5 atom stereocenters. The van der Waals surface area contributed by atoms with E-state index in [1.54, 1.807) is 0 Å². The smallest absolute Gasteiger partial charge is 0.232 e. The maximum atomic E-state index is 14.0. The van der Waals surface area contributed by atoms with Crippen molar-refractivity contribution in [2.24, 2.45) is 27.8 Å². The lowest BCUT2D eigenvalue weighted by Crippen LogP contribution is -2.68. The number of carbonyl (C=O) groups excluding carboxylic acids is 1. The molecule has 10 heteroatoms. The van der Waals surface area contributed by atoms with Crippen molar-refractivity contribution in [2.45, 2.75) is 81.0 Å². The Kier molecular flexibility index (Phi) is 10.0. The van der Waals surface area contributed by atoms with Gasteiger partial charge in [-0.3, -0.25) is 19.6 Å². The van der Waals surface area contributed by atoms with Crippen LogP contribution < -0.4 is 22.1 Å². The summed E-state index contributed by atoms with van der Waals surface area (Å²) in [5.41, 5.74) is 13.5. The molecule has 5 unspecified atom stereocenters. The van der Waals surface area contributed by atoms with Crippen LogP contribution in [0.5, 0.6) is 0 Å². The van der Waals surface area contributed by atoms with Crippen LogP contribution in [-0.4, -0.2) is 122 Å². The van der Waals surface area contributed by atoms with Crippen LogP contribution in [0.4, 0.5) is 0 Å². The molecule has 220 valence electrons. The molecule has 3 saturated heterocycles. The number of rotatable bonds is 5. The van der Waals surface area contributed by atoms with Gasteiger partial charge in [-0.25, -0.2) is 0 Å². The van der Waals surface area contributed by atoms with Crippen molar-refractivity contribution in [1.29, 1.82) is 0 Å². The third-order valence-corrected chi connectivity index (χ3v) is 10.2. The quantitative estimate of drug-likeness (QED) is 0.224. The number of hydrogen-bond acceptors (Lipinski definition) is 8. The van der Waals surface area contributed by atoms with E-state index in [1.807, 2.05) is 0 Å². The van der Waals surface area contributed by atoms with Crippen molar-refractivity contribution in [3.05, 3.63) is 12.2 Å². The summed E-state index contributed by atoms with van der Waals surface area (Å²) >= 11 is 6.61. The maximum absolute atomic E-state index is 14.0. The minimum absolute atomic E-state index is 0.0158. The van der Waals surface area contributed by atoms with Gasteiger partial charge in [0.15, 0.2) is 0 Å². The van der Waals surface area contributed by atoms with Crippen LogP contribution in [0, 0.1) is 11.3 Å². The van der Waals surface area contributed by atoms with Crippen LogP contribution in [0.2, 0.25) is 0 Å². The van der Waals surface area contributed by atoms with E-state index >= 15 is 0 Å². The standard InChI is InChI=1S/C29H51ClN8O/c1-36-12-13-37-14-15-38(20-22(37)19-36)25-7-11-33-18-24(25)35-28(39)26(27(31)32)23-16-29(8-4-2-3-5-9-29)10-6-21(30)17-34-23/h6,10,21-22,24-27,33H,2-5,7-9,11-20,31-32H2,1H3,(H,35,39)/b10-6-,34-23?. The lowest BCUT2D eigenvalue weighted by molar-refractivity contribution is -0.125. The molecule has 4 heterocycles. The number of likely N-dealkylation sites (N-methyl/N-ethyl adjacent to an activating group) is 1. The lowest BCUT2D eigenvalue weighted by Gasteiger charge is -2.50. The molecule has 1 spiro atoms. The molecular weight excluding hydrogens is 512 g/mol. The third-order valence-electron chi connectivity index (χ3n) is 9.96. The zero-order valence-electron chi connectivity index (χ0n) is 23.9. The Labute approximate surface area is 240 Å². The first kappa shape index (κ1) is 29.4. The topological polar surface area (TPSA) is 115 Å². The number of aliphatic imine (C=N–C) groups is 1. The van der Waals surface area contributed by atoms with E-state index in [0.29, 0.717) is 18.6 Å². The fourth-order valence-electron chi connectivity index (χ4n) is 7.72. The largest absolute Gasteiger partial charge is 0.350 e. The molecule has 0 aromatic carbocycles. The molecule has 4 fully saturated rings. The van der Waals surface area contributed by atoms with Crippen molar-refractivity contribution in [3.8, 4) is 0 Å². The number of nitrogens with one attached hydrogen (secondary N) is 2. The Bertz CT molecular complexity index is 889. The zero-order valence-corrected chi connectivity index (χ0v) is 24.6. The van der Waals surface area contributed by atoms with Crippen LogP contribution in [0.3, 0.4) is 0 Å². The summed E-state index contributed by atoms with van der Waals surface area (Å²) in [7, 11) is 2.22. The number of allylic oxidation sites excluding steroid dienone is 1. The molecule has 5 aliphatic rings. The first-order valence-corrected chi connectivity index (χ1v) is 15.8. The van der Waals surface area contributed by atoms with Gasteiger partial charge in [0.05, 0.1) is 24.1 Å². The predicted octanol–water partition coefficient (Wildman–Crippen LogP) is 0.973. The van der Waals surface area contributed by atoms with Crippen molar-refractivity contribution < 1.29 is 4.79 Å². The fraction of sp³-hybridized carbons (Fsp3) is 0.862. The molecule has 5 rings (SSSR count). The second-order valence-corrected chi connectivity index (χ2v) is 13.4. The number of carbonyl (C=O) groups is 1. The summed E-state index contributed by atoms with van der Waals surface area (Å²) in [4.78, 5) is 26.6. The van der Waals surface area contributed by atoms with E-state index in [9.17, 15) is 4.79 Å². The number of nitrogens with zero attached hydrogens (tertiary/aromatic N) is 4. The van der Waals surface area contributed by atoms with Crippen LogP contribution in [0.15, 0.2) is 17.1 Å². The second-order valence-electron chi connectivity index (χ2n) is 12.8. The van der Waals surface area contributed by atoms with E-state index < -0.39 is 12.1 Å². The molecule has 39 heavy (non-hydrogen) atoms. The van der Waals surface area contributed by atoms with Gasteiger partial charge >= 0.3 is 0 Å². The highest BCUT2D eigenvalue weighted by Crippen LogP contribution is 2.41. The molecule has 9 nitrogen and oxygen atoms in total. The Morgan fingerprint density at radius 2 is 1.87 bits per heavy atom. The molecule has 0 bridgehead atoms. The normalized spacial score (nSPS) is 34.8. The van der Waals surface area contributed by atoms with Crippen LogP contribution in [0.25, 0.3) is 0 Å². The Morgan fingerprint density at radius 3 is 2.64 bits per heavy atom. The molecule has 0 radical (unpaired) electrons. The van der Waals surface area contributed by atoms with Gasteiger partial charge in [-0.1, -0.05) is 37.8 Å². The maximum Gasteiger partial charge on any atom is 0.232 e. The molecular formula is C29H51ClN8O. The minimum atomic E-state index is -0.805. The number of nitrogens with two attached hydrogens (primary N) is 2. The number of alkyl halides is 1. The van der Waals surface area contributed by atoms with E-state index in [4.69, 9.17) is 28.1 Å². The predicted molar refractivity (Wildman–Crippen MR) is 159 cm³/mol. The van der Waals surface area contributed by atoms with E-state index in [0.717, 1.165) is 83.8 Å². The second kappa shape index (κ2) is 13.3. The SMILES string of the molecule is CN1CCN2CCN(C3CCNCC3NC(=O)C(C3=NCC(Cl)/C=C\C4(CCCCCC4)C3)C(N)N)CC2C1. The van der Waals surface area contributed by atoms with E-state index in [2.05, 4.69) is 44.5 Å². The summed E-state index contributed by atoms with van der Waals surface area (Å²) < 4.78 is 0. The molecule has 0 aromatic rings. The number of fused-ring (bicyclic) bond motifs is 1. The van der Waals surface area contributed by atoms with Gasteiger partial charge in [-0.2, -0.15) is 0 Å². The van der Waals surface area contributed by atoms with Crippen LogP contribution in [0.1, 0.15) is 51.4 Å². The molecule has 1 aliphatic carbocycles. The Hall–Kier alpha value is -1.07. The number of halogens is 1. The third kappa shape index (κ3) is 7.23. The molecule has 0 aromatic heterocycles. The average Bonchev–Trinajstić information content (AvgIpc) is 3.15. The minimum Gasteiger partial charge on any atom is -0.350 e. The number of hydrogen-bond donors (Lipinski definition) is 4. The molecule has 4 aliphatic heterocycles. The van der Waals surface area contributed by atoms with Gasteiger partial charge < -0.3 is 27.0 Å². The molecule has 1 amide bonds. The van der Waals surface area contributed by atoms with Crippen LogP contribution >= 0.6 is 11.6 Å². The van der Waals surface area contributed by atoms with E-state index in [-0.39, 0.29) is 22.7 Å². The Morgan fingerprint density at radius 1 is 1.13 bits per heavy atom. The highest BCUT2D eigenvalue weighted by molar-refractivity contribution is 6.22. The fourth-order valence-corrected chi connectivity index (χ4v) is 7.86. The number of amides is 1. The number of piperazine rings is 2. The molecule has 6 N–H and O–H groups in total. The van der Waals surface area contributed by atoms with E-state index in [1.165, 1.54) is 25.7 Å². The average molecular weight is 563 g/mol. The van der Waals surface area contributed by atoms with Crippen LogP contribution in [-0.2, 0) is 4.79 Å². The summed E-state index contributed by atoms with van der Waals surface area (Å²) in [6, 6.07) is 0.884. The van der Waals surface area contributed by atoms with Gasteiger partial charge in [0.25, 0.3) is 0 Å². The summed E-state index contributed by atoms with van der Waals surface area (Å²) in [5, 5.41) is 6.76. The summed E-state index contributed by atoms with van der Waals surface area (Å²) in [6.07, 6.45) is 12.5. The van der Waals surface area contributed by atoms with Crippen molar-refractivity contribution in [1.82, 2.24) is 25.3 Å². The van der Waals surface area contributed by atoms with Gasteiger partial charge in [-0.15, -0.1) is 11.6 Å². The summed E-state index contributed by atoms with van der Waals surface area (Å²) in [6.45, 7) is 8.81. The molecule has 1 saturated carbocycles. The van der Waals surface area contributed by atoms with Crippen molar-refractivity contribution in [2.75, 3.05) is 66.0 Å². The monoisotopic (exact) mass is 562 g/mol. The van der Waals surface area contributed by atoms with Gasteiger partial charge in [-0.05, 0) is 44.7 Å². The van der Waals surface area contributed by atoms with Gasteiger partial charge in [0.1, 0.15) is 5.92 Å². The highest BCUT2D eigenvalue weighted by Gasteiger charge is 2.41. The highest BCUT2D eigenvalue weighted by atomic mass is 35.5. The summed E-state index contributed by atoms with van der Waals surface area (Å²) in [5.74, 6) is -0.732. The lowest BCUT2D eigenvalue weighted by atomic mass is 9.73. The van der Waals surface area contributed by atoms with Crippen molar-refractivity contribution >= 4 is 23.2 Å². The number of piperidine rings is 1. The Balaban J connectivity index is 1.30. The van der Waals surface area contributed by atoms with Crippen molar-refractivity contribution in [3.63, 3.8) is 0 Å². The van der Waals surface area contributed by atoms with Gasteiger partial charge in [0, 0.05) is 63.6 Å². The first-order chi connectivity index (χ1) is 18.8. The van der Waals surface area contributed by atoms with Gasteiger partial charge in [0.2, 0.25) is 5.91 Å². The zero-order chi connectivity index (χ0) is 27.4. The first-order valence-electron chi connectivity index (χ1n) is 15.4.